The Labute approximate surface area is 127 Å². The number of benzene rings is 2. The second kappa shape index (κ2) is 6.33. The Hall–Kier alpha value is -0.880. The second-order valence-corrected chi connectivity index (χ2v) is 6.11. The Bertz CT molecular complexity index is 576. The molecule has 0 saturated heterocycles. The zero-order valence-electron chi connectivity index (χ0n) is 9.58. The van der Waals surface area contributed by atoms with Crippen LogP contribution in [0.2, 0.25) is 0 Å². The molecule has 0 bridgehead atoms. The number of rotatable bonds is 2. The van der Waals surface area contributed by atoms with Gasteiger partial charge in [-0.05, 0) is 0 Å². The summed E-state index contributed by atoms with van der Waals surface area (Å²) in [6.45, 7) is 0. The van der Waals surface area contributed by atoms with Crippen molar-refractivity contribution in [3.05, 3.63) is 77.9 Å². The normalized spacial score (nSPS) is 13.1. The molecule has 0 saturated carbocycles. The molecule has 18 heavy (non-hydrogen) atoms. The predicted octanol–water partition coefficient (Wildman–Crippen LogP) is -0.587. The molecule has 1 heterocycles. The van der Waals surface area contributed by atoms with E-state index in [4.69, 9.17) is 3.10 Å². The van der Waals surface area contributed by atoms with E-state index in [-0.39, 0.29) is 17.0 Å². The predicted molar refractivity (Wildman–Crippen MR) is 72.9 cm³/mol. The molecule has 1 aliphatic heterocycles. The quantitative estimate of drug-likeness (QED) is 0.460. The van der Waals surface area contributed by atoms with Crippen molar-refractivity contribution in [2.24, 2.45) is 0 Å². The van der Waals surface area contributed by atoms with Gasteiger partial charge in [0.25, 0.3) is 0 Å². The molecule has 0 fully saturated rings. The molecule has 2 aromatic carbocycles. The molecule has 1 nitrogen and oxygen atoms in total. The first kappa shape index (κ1) is 13.5. The summed E-state index contributed by atoms with van der Waals surface area (Å²) < 4.78 is 6.14. The molecule has 0 unspecified atom stereocenters. The Balaban J connectivity index is 0.00000120. The van der Waals surface area contributed by atoms with Crippen molar-refractivity contribution >= 4 is 30.2 Å². The molecule has 0 spiro atoms. The Morgan fingerprint density at radius 3 is 1.89 bits per heavy atom. The first-order valence-electron chi connectivity index (χ1n) is 5.51. The minimum atomic E-state index is -0.402. The van der Waals surface area contributed by atoms with E-state index in [9.17, 15) is 0 Å². The van der Waals surface area contributed by atoms with E-state index in [1.165, 1.54) is 14.7 Å². The Morgan fingerprint density at radius 2 is 1.28 bits per heavy atom. The van der Waals surface area contributed by atoms with E-state index in [1.807, 2.05) is 6.07 Å². The van der Waals surface area contributed by atoms with E-state index in [2.05, 4.69) is 60.7 Å². The summed E-state index contributed by atoms with van der Waals surface area (Å²) in [4.78, 5) is 0. The van der Waals surface area contributed by atoms with Crippen molar-refractivity contribution in [1.29, 1.82) is 0 Å². The third-order valence-corrected chi connectivity index (χ3v) is 5.03. The van der Waals surface area contributed by atoms with Crippen molar-refractivity contribution in [2.75, 3.05) is 0 Å². The topological polar surface area (TPSA) is 12.8 Å². The SMILES string of the molecule is C1=C(c2ccccc2)[OH+][Te]=C1c1ccccc1.[Br-]. The van der Waals surface area contributed by atoms with Crippen molar-refractivity contribution in [1.82, 2.24) is 0 Å². The zero-order chi connectivity index (χ0) is 11.5. The van der Waals surface area contributed by atoms with E-state index in [0.717, 1.165) is 5.76 Å². The molecular weight excluding hydrogens is 404 g/mol. The van der Waals surface area contributed by atoms with Gasteiger partial charge in [0.15, 0.2) is 0 Å². The van der Waals surface area contributed by atoms with Crippen LogP contribution in [0.15, 0.2) is 66.7 Å². The average Bonchev–Trinajstić information content (AvgIpc) is 2.90. The molecule has 0 aromatic heterocycles. The van der Waals surface area contributed by atoms with Crippen molar-refractivity contribution in [3.63, 3.8) is 0 Å². The third-order valence-electron chi connectivity index (χ3n) is 2.64. The molecule has 3 rings (SSSR count). The monoisotopic (exact) mass is 417 g/mol. The Morgan fingerprint density at radius 1 is 0.722 bits per heavy atom. The fraction of sp³-hybridized carbons (Fsp3) is 0. The maximum absolute atomic E-state index is 4.72. The molecule has 0 aliphatic carbocycles. The summed E-state index contributed by atoms with van der Waals surface area (Å²) in [7, 11) is 0. The van der Waals surface area contributed by atoms with Gasteiger partial charge in [-0.15, -0.1) is 0 Å². The molecule has 1 aliphatic rings. The molecule has 3 heteroatoms. The van der Waals surface area contributed by atoms with E-state index < -0.39 is 20.9 Å². The van der Waals surface area contributed by atoms with E-state index >= 15 is 0 Å². The number of allylic oxidation sites excluding steroid dienone is 1. The van der Waals surface area contributed by atoms with Gasteiger partial charge in [0.1, 0.15) is 0 Å². The summed E-state index contributed by atoms with van der Waals surface area (Å²) in [5.74, 6) is 1.15. The van der Waals surface area contributed by atoms with Crippen LogP contribution >= 0.6 is 0 Å². The van der Waals surface area contributed by atoms with E-state index in [1.54, 1.807) is 0 Å². The van der Waals surface area contributed by atoms with Crippen LogP contribution in [0.25, 0.3) is 5.76 Å². The smallest absolute Gasteiger partial charge is 1.00 e. The molecule has 2 aromatic rings. The molecule has 0 atom stereocenters. The molecule has 1 radical (unpaired) electrons. The van der Waals surface area contributed by atoms with Crippen molar-refractivity contribution < 1.29 is 20.1 Å². The van der Waals surface area contributed by atoms with Crippen LogP contribution in [0.5, 0.6) is 0 Å². The third kappa shape index (κ3) is 2.92. The standard InChI is InChI=1S/C15H12OTe.BrH/c1-3-7-12(8-4-1)14-11-15(17-16-14)13-9-5-2-6-10-13;/h1-11,16H;1H/q+1;/p-1. The summed E-state index contributed by atoms with van der Waals surface area (Å²) in [6, 6.07) is 21.0. The number of halogens is 1. The molecular formula is C15H12BrOTe. The van der Waals surface area contributed by atoms with Crippen molar-refractivity contribution in [3.8, 4) is 0 Å². The van der Waals surface area contributed by atoms with Gasteiger partial charge in [-0.3, -0.25) is 0 Å². The van der Waals surface area contributed by atoms with Gasteiger partial charge in [-0.2, -0.15) is 0 Å². The summed E-state index contributed by atoms with van der Waals surface area (Å²) in [6.07, 6.45) is 2.24. The minimum absolute atomic E-state index is 0. The number of aliphatic hydroxyl groups is 1. The van der Waals surface area contributed by atoms with Gasteiger partial charge in [0, 0.05) is 0 Å². The maximum Gasteiger partial charge on any atom is -1.00 e. The van der Waals surface area contributed by atoms with Gasteiger partial charge < -0.3 is 17.0 Å². The maximum atomic E-state index is 4.72. The van der Waals surface area contributed by atoms with Gasteiger partial charge in [-0.1, -0.05) is 0 Å². The van der Waals surface area contributed by atoms with Crippen LogP contribution in [0.3, 0.4) is 0 Å². The second-order valence-electron chi connectivity index (χ2n) is 3.81. The fourth-order valence-corrected chi connectivity index (χ4v) is 3.93. The largest absolute Gasteiger partial charge is 1.00 e. The van der Waals surface area contributed by atoms with Crippen LogP contribution in [0.1, 0.15) is 11.1 Å². The summed E-state index contributed by atoms with van der Waals surface area (Å²) in [5, 5.41) is 0. The van der Waals surface area contributed by atoms with Crippen LogP contribution in [0.4, 0.5) is 0 Å². The first-order valence-corrected chi connectivity index (χ1v) is 7.72. The number of hydrogen-bond acceptors (Lipinski definition) is 0. The van der Waals surface area contributed by atoms with Crippen LogP contribution < -0.4 is 17.0 Å². The molecule has 91 valence electrons. The average molecular weight is 416 g/mol. The van der Waals surface area contributed by atoms with Gasteiger partial charge in [0.05, 0.1) is 0 Å². The van der Waals surface area contributed by atoms with Crippen LogP contribution in [-0.4, -0.2) is 27.5 Å². The number of hydrogen-bond donors (Lipinski definition) is 0. The van der Waals surface area contributed by atoms with Crippen LogP contribution in [0, 0.1) is 0 Å². The Kier molecular flexibility index (Phi) is 4.77. The van der Waals surface area contributed by atoms with Gasteiger partial charge >= 0.3 is 111 Å². The summed E-state index contributed by atoms with van der Waals surface area (Å²) >= 11 is -0.402. The van der Waals surface area contributed by atoms with E-state index in [0.29, 0.717) is 0 Å². The van der Waals surface area contributed by atoms with Gasteiger partial charge in [0.2, 0.25) is 0 Å². The van der Waals surface area contributed by atoms with Crippen LogP contribution in [-0.2, 0) is 0 Å². The van der Waals surface area contributed by atoms with Crippen molar-refractivity contribution in [2.45, 2.75) is 0 Å². The van der Waals surface area contributed by atoms with Gasteiger partial charge in [-0.25, -0.2) is 0 Å². The molecule has 1 N–H and O–H groups in total. The fourth-order valence-electron chi connectivity index (χ4n) is 1.76. The minimum Gasteiger partial charge on any atom is -1.00 e. The first-order chi connectivity index (χ1) is 8.43. The zero-order valence-corrected chi connectivity index (χ0v) is 13.5. The summed E-state index contributed by atoms with van der Waals surface area (Å²) in [5.41, 5.74) is 2.55. The molecule has 0 amide bonds.